The zero-order chi connectivity index (χ0) is 14.8. The van der Waals surface area contributed by atoms with Crippen molar-refractivity contribution in [2.24, 2.45) is 0 Å². The quantitative estimate of drug-likeness (QED) is 0.542. The number of fused-ring (bicyclic) bond motifs is 1. The van der Waals surface area contributed by atoms with Crippen LogP contribution in [0.5, 0.6) is 5.75 Å². The van der Waals surface area contributed by atoms with Crippen LogP contribution in [0.1, 0.15) is 26.5 Å². The lowest BCUT2D eigenvalue weighted by Gasteiger charge is -2.00. The summed E-state index contributed by atoms with van der Waals surface area (Å²) in [5.41, 5.74) is 1.65. The van der Waals surface area contributed by atoms with Crippen LogP contribution >= 0.6 is 0 Å². The molecule has 3 aromatic rings. The van der Waals surface area contributed by atoms with Gasteiger partial charge in [0, 0.05) is 16.5 Å². The molecule has 0 aliphatic rings. The third-order valence-corrected chi connectivity index (χ3v) is 3.25. The minimum absolute atomic E-state index is 0.207. The number of hydrogen-bond donors (Lipinski definition) is 0. The minimum atomic E-state index is -0.207. The molecule has 0 spiro atoms. The van der Waals surface area contributed by atoms with Gasteiger partial charge in [0.25, 0.3) is 0 Å². The highest BCUT2D eigenvalue weighted by atomic mass is 16.5. The van der Waals surface area contributed by atoms with E-state index in [-0.39, 0.29) is 11.5 Å². The van der Waals surface area contributed by atoms with Gasteiger partial charge in [-0.3, -0.25) is 9.59 Å². The van der Waals surface area contributed by atoms with Crippen molar-refractivity contribution >= 4 is 23.0 Å². The van der Waals surface area contributed by atoms with Gasteiger partial charge in [-0.25, -0.2) is 0 Å². The molecule has 1 aromatic heterocycles. The molecule has 104 valence electrons. The van der Waals surface area contributed by atoms with Crippen LogP contribution in [0, 0.1) is 0 Å². The zero-order valence-electron chi connectivity index (χ0n) is 11.3. The van der Waals surface area contributed by atoms with Gasteiger partial charge < -0.3 is 9.15 Å². The first-order valence-corrected chi connectivity index (χ1v) is 6.39. The van der Waals surface area contributed by atoms with Crippen LogP contribution in [0.15, 0.2) is 52.9 Å². The van der Waals surface area contributed by atoms with Gasteiger partial charge in [-0.15, -0.1) is 0 Å². The van der Waals surface area contributed by atoms with Crippen LogP contribution in [-0.4, -0.2) is 19.2 Å². The van der Waals surface area contributed by atoms with E-state index in [1.807, 2.05) is 0 Å². The second-order valence-electron chi connectivity index (χ2n) is 4.58. The van der Waals surface area contributed by atoms with E-state index in [9.17, 15) is 9.59 Å². The summed E-state index contributed by atoms with van der Waals surface area (Å²) in [5, 5.41) is 0.733. The Balaban J connectivity index is 1.98. The first kappa shape index (κ1) is 13.1. The number of ketones is 1. The first-order chi connectivity index (χ1) is 10.2. The van der Waals surface area contributed by atoms with E-state index in [1.54, 1.807) is 55.6 Å². The number of aldehydes is 1. The third-order valence-electron chi connectivity index (χ3n) is 3.25. The third kappa shape index (κ3) is 2.43. The van der Waals surface area contributed by atoms with Crippen LogP contribution in [0.25, 0.3) is 11.0 Å². The van der Waals surface area contributed by atoms with Crippen molar-refractivity contribution in [2.75, 3.05) is 7.11 Å². The first-order valence-electron chi connectivity index (χ1n) is 6.39. The van der Waals surface area contributed by atoms with E-state index < -0.39 is 0 Å². The fourth-order valence-corrected chi connectivity index (χ4v) is 2.13. The highest BCUT2D eigenvalue weighted by Gasteiger charge is 2.14. The van der Waals surface area contributed by atoms with Crippen LogP contribution < -0.4 is 4.74 Å². The van der Waals surface area contributed by atoms with Crippen molar-refractivity contribution in [1.29, 1.82) is 0 Å². The maximum atomic E-state index is 12.4. The minimum Gasteiger partial charge on any atom is -0.497 e. The lowest BCUT2D eigenvalue weighted by atomic mass is 10.1. The van der Waals surface area contributed by atoms with Gasteiger partial charge in [0.05, 0.1) is 7.11 Å². The Bertz CT molecular complexity index is 812. The molecule has 0 N–H and O–H groups in total. The Morgan fingerprint density at radius 3 is 2.52 bits per heavy atom. The highest BCUT2D eigenvalue weighted by molar-refractivity contribution is 6.09. The summed E-state index contributed by atoms with van der Waals surface area (Å²) in [5.74, 6) is 0.728. The van der Waals surface area contributed by atoms with E-state index in [0.717, 1.165) is 11.7 Å². The van der Waals surface area contributed by atoms with Gasteiger partial charge in [-0.05, 0) is 48.5 Å². The average molecular weight is 280 g/mol. The van der Waals surface area contributed by atoms with Crippen LogP contribution in [0.2, 0.25) is 0 Å². The van der Waals surface area contributed by atoms with Crippen molar-refractivity contribution < 1.29 is 18.7 Å². The fraction of sp³-hybridized carbons (Fsp3) is 0.0588. The Morgan fingerprint density at radius 1 is 1.10 bits per heavy atom. The van der Waals surface area contributed by atoms with Crippen molar-refractivity contribution in [1.82, 2.24) is 0 Å². The van der Waals surface area contributed by atoms with Crippen LogP contribution in [0.3, 0.4) is 0 Å². The number of carbonyl (C=O) groups excluding carboxylic acids is 2. The zero-order valence-corrected chi connectivity index (χ0v) is 11.3. The van der Waals surface area contributed by atoms with Crippen LogP contribution in [-0.2, 0) is 0 Å². The Hall–Kier alpha value is -2.88. The fourth-order valence-electron chi connectivity index (χ4n) is 2.13. The summed E-state index contributed by atoms with van der Waals surface area (Å²) >= 11 is 0. The Morgan fingerprint density at radius 2 is 1.86 bits per heavy atom. The number of rotatable bonds is 4. The molecular formula is C17H12O4. The molecule has 0 aliphatic heterocycles. The second kappa shape index (κ2) is 5.25. The molecule has 0 bridgehead atoms. The molecule has 0 saturated heterocycles. The Kier molecular flexibility index (Phi) is 3.28. The molecule has 4 nitrogen and oxygen atoms in total. The summed E-state index contributed by atoms with van der Waals surface area (Å²) in [4.78, 5) is 23.1. The number of carbonyl (C=O) groups is 2. The van der Waals surface area contributed by atoms with E-state index in [0.29, 0.717) is 22.5 Å². The van der Waals surface area contributed by atoms with Gasteiger partial charge in [0.2, 0.25) is 5.78 Å². The maximum absolute atomic E-state index is 12.4. The molecule has 4 heteroatoms. The standard InChI is InChI=1S/C17H12O4/c1-20-14-5-3-12(4-6-14)17(19)16-9-13-8-11(10-18)2-7-15(13)21-16/h2-10H,1H3. The number of ether oxygens (including phenoxy) is 1. The molecular weight excluding hydrogens is 268 g/mol. The summed E-state index contributed by atoms with van der Waals surface area (Å²) in [7, 11) is 1.57. The van der Waals surface area contributed by atoms with Crippen molar-refractivity contribution in [3.05, 3.63) is 65.4 Å². The second-order valence-corrected chi connectivity index (χ2v) is 4.58. The van der Waals surface area contributed by atoms with Gasteiger partial charge in [-0.2, -0.15) is 0 Å². The molecule has 2 aromatic carbocycles. The topological polar surface area (TPSA) is 56.5 Å². The number of furan rings is 1. The lowest BCUT2D eigenvalue weighted by Crippen LogP contribution is -1.99. The Labute approximate surface area is 120 Å². The van der Waals surface area contributed by atoms with Crippen molar-refractivity contribution in [3.63, 3.8) is 0 Å². The summed E-state index contributed by atoms with van der Waals surface area (Å²) in [6.07, 6.45) is 0.761. The molecule has 1 heterocycles. The molecule has 0 saturated carbocycles. The van der Waals surface area contributed by atoms with E-state index >= 15 is 0 Å². The summed E-state index contributed by atoms with van der Waals surface area (Å²) in [6.45, 7) is 0. The lowest BCUT2D eigenvalue weighted by molar-refractivity contribution is 0.101. The van der Waals surface area contributed by atoms with E-state index in [1.165, 1.54) is 0 Å². The van der Waals surface area contributed by atoms with Gasteiger partial charge in [0.1, 0.15) is 17.6 Å². The predicted molar refractivity (Wildman–Crippen MR) is 78.0 cm³/mol. The van der Waals surface area contributed by atoms with E-state index in [2.05, 4.69) is 0 Å². The molecule has 21 heavy (non-hydrogen) atoms. The summed E-state index contributed by atoms with van der Waals surface area (Å²) in [6, 6.07) is 13.5. The monoisotopic (exact) mass is 280 g/mol. The molecule has 0 radical (unpaired) electrons. The molecule has 0 unspecified atom stereocenters. The normalized spacial score (nSPS) is 10.5. The largest absolute Gasteiger partial charge is 0.497 e. The predicted octanol–water partition coefficient (Wildman–Crippen LogP) is 3.48. The molecule has 0 fully saturated rings. The van der Waals surface area contributed by atoms with Gasteiger partial charge in [0.15, 0.2) is 5.76 Å². The van der Waals surface area contributed by atoms with Crippen molar-refractivity contribution in [3.8, 4) is 5.75 Å². The molecule has 0 aliphatic carbocycles. The highest BCUT2D eigenvalue weighted by Crippen LogP contribution is 2.23. The number of hydrogen-bond acceptors (Lipinski definition) is 4. The van der Waals surface area contributed by atoms with Crippen LogP contribution in [0.4, 0.5) is 0 Å². The summed E-state index contributed by atoms with van der Waals surface area (Å²) < 4.78 is 10.6. The smallest absolute Gasteiger partial charge is 0.228 e. The average Bonchev–Trinajstić information content (AvgIpc) is 2.97. The number of methoxy groups -OCH3 is 1. The molecule has 3 rings (SSSR count). The molecule has 0 amide bonds. The number of benzene rings is 2. The molecule has 0 atom stereocenters. The maximum Gasteiger partial charge on any atom is 0.228 e. The van der Waals surface area contributed by atoms with Crippen molar-refractivity contribution in [2.45, 2.75) is 0 Å². The van der Waals surface area contributed by atoms with Gasteiger partial charge >= 0.3 is 0 Å². The SMILES string of the molecule is COc1ccc(C(=O)c2cc3cc(C=O)ccc3o2)cc1. The van der Waals surface area contributed by atoms with E-state index in [4.69, 9.17) is 9.15 Å². The van der Waals surface area contributed by atoms with Gasteiger partial charge in [-0.1, -0.05) is 0 Å².